The molecular weight excluding hydrogens is 479 g/mol. The third kappa shape index (κ3) is 5.94. The number of thioether (sulfide) groups is 1. The number of likely N-dealkylation sites (N-methyl/N-ethyl adjacent to an activating group) is 1. The summed E-state index contributed by atoms with van der Waals surface area (Å²) < 4.78 is 11.8. The van der Waals surface area contributed by atoms with Crippen LogP contribution in [0.1, 0.15) is 30.5 Å². The number of amides is 1. The Labute approximate surface area is 209 Å². The monoisotopic (exact) mass is 504 g/mol. The van der Waals surface area contributed by atoms with E-state index in [1.165, 1.54) is 11.8 Å². The zero-order valence-electron chi connectivity index (χ0n) is 18.9. The van der Waals surface area contributed by atoms with Crippen molar-refractivity contribution in [3.8, 4) is 11.5 Å². The van der Waals surface area contributed by atoms with Gasteiger partial charge in [-0.15, -0.1) is 6.58 Å². The topological polar surface area (TPSA) is 51.1 Å². The van der Waals surface area contributed by atoms with Crippen LogP contribution in [0.4, 0.5) is 0 Å². The van der Waals surface area contributed by atoms with Crippen molar-refractivity contribution in [1.29, 1.82) is 0 Å². The van der Waals surface area contributed by atoms with Gasteiger partial charge in [-0.1, -0.05) is 35.3 Å². The highest BCUT2D eigenvalue weighted by atomic mass is 35.5. The fourth-order valence-electron chi connectivity index (χ4n) is 3.37. The molecule has 1 aliphatic heterocycles. The Kier molecular flexibility index (Phi) is 8.89. The second kappa shape index (κ2) is 11.6. The average molecular weight is 505 g/mol. The molecule has 0 bridgehead atoms. The molecule has 0 saturated carbocycles. The van der Waals surface area contributed by atoms with Crippen molar-refractivity contribution in [2.45, 2.75) is 26.9 Å². The van der Waals surface area contributed by atoms with Crippen LogP contribution in [0.2, 0.25) is 10.0 Å². The summed E-state index contributed by atoms with van der Waals surface area (Å²) in [5, 5.41) is 1.70. The fraction of sp³-hybridized carbons (Fsp3) is 0.280. The van der Waals surface area contributed by atoms with E-state index in [1.54, 1.807) is 30.2 Å². The molecule has 0 aliphatic carbocycles. The predicted molar refractivity (Wildman–Crippen MR) is 139 cm³/mol. The Morgan fingerprint density at radius 1 is 1.18 bits per heavy atom. The number of hydrogen-bond acceptors (Lipinski definition) is 5. The third-order valence-corrected chi connectivity index (χ3v) is 6.68. The lowest BCUT2D eigenvalue weighted by Gasteiger charge is -2.16. The molecule has 174 valence electrons. The standard InChI is InChI=1S/C25H26Cl2N2O3S/c1-5-8-18-11-17(14-22-24(30)29(7-3)25(33-22)28-6-2)13-21(31-4)23(18)32-15-16-9-10-19(26)20(27)12-16/h5,9-14H,1,6-8,15H2,2-4H3/b22-14-,28-25?. The van der Waals surface area contributed by atoms with Gasteiger partial charge in [-0.05, 0) is 73.5 Å². The van der Waals surface area contributed by atoms with Gasteiger partial charge in [0.15, 0.2) is 16.7 Å². The lowest BCUT2D eigenvalue weighted by Crippen LogP contribution is -2.28. The van der Waals surface area contributed by atoms with Gasteiger partial charge in [-0.3, -0.25) is 14.7 Å². The first kappa shape index (κ1) is 25.2. The van der Waals surface area contributed by atoms with Crippen molar-refractivity contribution in [2.75, 3.05) is 20.2 Å². The van der Waals surface area contributed by atoms with Gasteiger partial charge in [-0.2, -0.15) is 0 Å². The van der Waals surface area contributed by atoms with E-state index in [1.807, 2.05) is 38.1 Å². The molecule has 5 nitrogen and oxygen atoms in total. The van der Waals surface area contributed by atoms with Gasteiger partial charge < -0.3 is 9.47 Å². The van der Waals surface area contributed by atoms with Gasteiger partial charge in [0.1, 0.15) is 6.61 Å². The molecule has 8 heteroatoms. The van der Waals surface area contributed by atoms with Crippen LogP contribution >= 0.6 is 35.0 Å². The molecule has 3 rings (SSSR count). The van der Waals surface area contributed by atoms with Gasteiger partial charge in [0.05, 0.1) is 22.1 Å². The van der Waals surface area contributed by atoms with Crippen LogP contribution in [0.5, 0.6) is 11.5 Å². The number of hydrogen-bond donors (Lipinski definition) is 0. The minimum atomic E-state index is -0.0427. The summed E-state index contributed by atoms with van der Waals surface area (Å²) in [6, 6.07) is 9.24. The summed E-state index contributed by atoms with van der Waals surface area (Å²) >= 11 is 13.5. The molecule has 1 saturated heterocycles. The summed E-state index contributed by atoms with van der Waals surface area (Å²) in [5.41, 5.74) is 2.63. The van der Waals surface area contributed by atoms with Crippen molar-refractivity contribution in [1.82, 2.24) is 4.90 Å². The molecule has 0 N–H and O–H groups in total. The summed E-state index contributed by atoms with van der Waals surface area (Å²) in [5.74, 6) is 1.16. The van der Waals surface area contributed by atoms with Gasteiger partial charge >= 0.3 is 0 Å². The molecule has 0 spiro atoms. The summed E-state index contributed by atoms with van der Waals surface area (Å²) in [6.45, 7) is 9.27. The number of nitrogens with zero attached hydrogens (tertiary/aromatic N) is 2. The molecule has 0 atom stereocenters. The maximum Gasteiger partial charge on any atom is 0.266 e. The SMILES string of the molecule is C=CCc1cc(/C=C2\SC(=NCC)N(CC)C2=O)cc(OC)c1OCc1ccc(Cl)c(Cl)c1. The van der Waals surface area contributed by atoms with E-state index < -0.39 is 0 Å². The Morgan fingerprint density at radius 2 is 1.97 bits per heavy atom. The highest BCUT2D eigenvalue weighted by Gasteiger charge is 2.32. The number of allylic oxidation sites excluding steroid dienone is 1. The first-order valence-electron chi connectivity index (χ1n) is 10.6. The Morgan fingerprint density at radius 3 is 2.61 bits per heavy atom. The first-order valence-corrected chi connectivity index (χ1v) is 12.1. The summed E-state index contributed by atoms with van der Waals surface area (Å²) in [7, 11) is 1.59. The number of benzene rings is 2. The van der Waals surface area contributed by atoms with Crippen molar-refractivity contribution in [2.24, 2.45) is 4.99 Å². The Balaban J connectivity index is 1.93. The zero-order valence-corrected chi connectivity index (χ0v) is 21.2. The maximum atomic E-state index is 12.8. The third-order valence-electron chi connectivity index (χ3n) is 4.90. The van der Waals surface area contributed by atoms with E-state index in [0.29, 0.717) is 52.6 Å². The number of carbonyl (C=O) groups excluding carboxylic acids is 1. The number of methoxy groups -OCH3 is 1. The molecule has 1 heterocycles. The second-order valence-electron chi connectivity index (χ2n) is 7.16. The minimum Gasteiger partial charge on any atom is -0.493 e. The van der Waals surface area contributed by atoms with Crippen molar-refractivity contribution in [3.63, 3.8) is 0 Å². The molecule has 1 aliphatic rings. The molecule has 2 aromatic rings. The van der Waals surface area contributed by atoms with Crippen LogP contribution in [0.15, 0.2) is 52.9 Å². The number of halogens is 2. The quantitative estimate of drug-likeness (QED) is 0.284. The first-order chi connectivity index (χ1) is 15.9. The lowest BCUT2D eigenvalue weighted by atomic mass is 10.0. The van der Waals surface area contributed by atoms with E-state index in [-0.39, 0.29) is 5.91 Å². The molecule has 2 aromatic carbocycles. The van der Waals surface area contributed by atoms with Crippen LogP contribution in [0.3, 0.4) is 0 Å². The van der Waals surface area contributed by atoms with E-state index in [4.69, 9.17) is 32.7 Å². The minimum absolute atomic E-state index is 0.0427. The Bertz CT molecular complexity index is 1120. The molecule has 1 fully saturated rings. The van der Waals surface area contributed by atoms with Gasteiger partial charge in [0, 0.05) is 18.7 Å². The molecule has 0 radical (unpaired) electrons. The van der Waals surface area contributed by atoms with E-state index in [9.17, 15) is 4.79 Å². The normalized spacial score (nSPS) is 16.0. The predicted octanol–water partition coefficient (Wildman–Crippen LogP) is 6.62. The van der Waals surface area contributed by atoms with E-state index >= 15 is 0 Å². The summed E-state index contributed by atoms with van der Waals surface area (Å²) in [6.07, 6.45) is 4.25. The maximum absolute atomic E-state index is 12.8. The lowest BCUT2D eigenvalue weighted by molar-refractivity contribution is -0.122. The van der Waals surface area contributed by atoms with Crippen LogP contribution in [-0.2, 0) is 17.8 Å². The molecule has 0 unspecified atom stereocenters. The smallest absolute Gasteiger partial charge is 0.266 e. The number of aliphatic imine (C=N–C) groups is 1. The number of carbonyl (C=O) groups is 1. The molecule has 0 aromatic heterocycles. The summed E-state index contributed by atoms with van der Waals surface area (Å²) in [4.78, 5) is 19.6. The van der Waals surface area contributed by atoms with E-state index in [2.05, 4.69) is 11.6 Å². The van der Waals surface area contributed by atoms with Crippen LogP contribution in [-0.4, -0.2) is 36.2 Å². The zero-order chi connectivity index (χ0) is 24.0. The number of ether oxygens (including phenoxy) is 2. The number of amidine groups is 1. The fourth-order valence-corrected chi connectivity index (χ4v) is 4.79. The molecule has 1 amide bonds. The largest absolute Gasteiger partial charge is 0.493 e. The van der Waals surface area contributed by atoms with Crippen molar-refractivity contribution >= 4 is 52.1 Å². The van der Waals surface area contributed by atoms with Crippen LogP contribution in [0, 0.1) is 0 Å². The van der Waals surface area contributed by atoms with Gasteiger partial charge in [-0.25, -0.2) is 0 Å². The molecular formula is C25H26Cl2N2O3S. The number of rotatable bonds is 9. The van der Waals surface area contributed by atoms with Crippen molar-refractivity contribution < 1.29 is 14.3 Å². The van der Waals surface area contributed by atoms with E-state index in [0.717, 1.165) is 21.9 Å². The highest BCUT2D eigenvalue weighted by Crippen LogP contribution is 2.37. The van der Waals surface area contributed by atoms with Crippen LogP contribution in [0.25, 0.3) is 6.08 Å². The van der Waals surface area contributed by atoms with Gasteiger partial charge in [0.25, 0.3) is 5.91 Å². The highest BCUT2D eigenvalue weighted by molar-refractivity contribution is 8.18. The average Bonchev–Trinajstić information content (AvgIpc) is 3.09. The Hall–Kier alpha value is -2.41. The van der Waals surface area contributed by atoms with Gasteiger partial charge in [0.2, 0.25) is 0 Å². The van der Waals surface area contributed by atoms with Crippen LogP contribution < -0.4 is 9.47 Å². The molecule has 33 heavy (non-hydrogen) atoms. The van der Waals surface area contributed by atoms with Crippen molar-refractivity contribution in [3.05, 3.63) is 74.6 Å². The second-order valence-corrected chi connectivity index (χ2v) is 8.98.